The maximum Gasteiger partial charge on any atom is 0.332 e. The number of esters is 1. The molecule has 1 aliphatic heterocycles. The van der Waals surface area contributed by atoms with E-state index in [1.54, 1.807) is 0 Å². The van der Waals surface area contributed by atoms with Crippen LogP contribution < -0.4 is 5.32 Å². The average Bonchev–Trinajstić information content (AvgIpc) is 2.86. The zero-order valence-electron chi connectivity index (χ0n) is 10.3. The Labute approximate surface area is 110 Å². The van der Waals surface area contributed by atoms with Crippen LogP contribution in [0.5, 0.6) is 0 Å². The molecule has 0 amide bonds. The van der Waals surface area contributed by atoms with Gasteiger partial charge >= 0.3 is 11.9 Å². The highest BCUT2D eigenvalue weighted by molar-refractivity contribution is 5.83. The number of nitrogens with one attached hydrogen (secondary N) is 1. The molecule has 19 heavy (non-hydrogen) atoms. The molecule has 1 aliphatic rings. The fourth-order valence-corrected chi connectivity index (χ4v) is 1.88. The van der Waals surface area contributed by atoms with Crippen molar-refractivity contribution in [3.63, 3.8) is 0 Å². The van der Waals surface area contributed by atoms with E-state index in [1.165, 1.54) is 6.08 Å². The van der Waals surface area contributed by atoms with Crippen LogP contribution >= 0.6 is 0 Å². The average molecular weight is 261 g/mol. The third kappa shape index (κ3) is 3.84. The first kappa shape index (κ1) is 13.1. The number of carbonyl (C=O) groups excluding carboxylic acids is 1. The molecule has 0 spiro atoms. The zero-order chi connectivity index (χ0) is 13.7. The number of carboxylic acid groups (broad SMARTS) is 1. The van der Waals surface area contributed by atoms with Gasteiger partial charge < -0.3 is 15.2 Å². The van der Waals surface area contributed by atoms with Gasteiger partial charge in [-0.3, -0.25) is 0 Å². The summed E-state index contributed by atoms with van der Waals surface area (Å²) in [5.74, 6) is -1.36. The molecular weight excluding hydrogens is 246 g/mol. The molecule has 2 rings (SSSR count). The minimum atomic E-state index is -0.902. The molecule has 1 aromatic carbocycles. The van der Waals surface area contributed by atoms with Crippen molar-refractivity contribution in [1.29, 1.82) is 0 Å². The number of rotatable bonds is 4. The van der Waals surface area contributed by atoms with Crippen LogP contribution in [-0.4, -0.2) is 23.1 Å². The van der Waals surface area contributed by atoms with Crippen molar-refractivity contribution in [2.75, 3.05) is 0 Å². The van der Waals surface area contributed by atoms with Crippen LogP contribution in [0.3, 0.4) is 0 Å². The van der Waals surface area contributed by atoms with E-state index in [0.717, 1.165) is 5.56 Å². The van der Waals surface area contributed by atoms with Crippen molar-refractivity contribution in [3.8, 4) is 0 Å². The maximum absolute atomic E-state index is 11.6. The summed E-state index contributed by atoms with van der Waals surface area (Å²) in [7, 11) is 0. The molecule has 0 saturated carbocycles. The summed E-state index contributed by atoms with van der Waals surface area (Å²) in [6, 6.07) is 8.77. The number of hydrogen-bond acceptors (Lipinski definition) is 4. The van der Waals surface area contributed by atoms with Gasteiger partial charge in [0.25, 0.3) is 0 Å². The normalized spacial score (nSPS) is 20.0. The Balaban J connectivity index is 1.83. The molecular formula is C14H15NO4. The van der Waals surface area contributed by atoms with Crippen LogP contribution in [0, 0.1) is 0 Å². The Morgan fingerprint density at radius 2 is 2.11 bits per heavy atom. The Morgan fingerprint density at radius 1 is 1.37 bits per heavy atom. The van der Waals surface area contributed by atoms with Gasteiger partial charge in [0.15, 0.2) is 0 Å². The molecule has 1 fully saturated rings. The molecule has 5 heteroatoms. The lowest BCUT2D eigenvalue weighted by molar-refractivity contribution is -0.140. The topological polar surface area (TPSA) is 75.6 Å². The van der Waals surface area contributed by atoms with Crippen LogP contribution in [0.1, 0.15) is 18.4 Å². The van der Waals surface area contributed by atoms with Gasteiger partial charge in [-0.1, -0.05) is 30.3 Å². The number of benzene rings is 1. The maximum atomic E-state index is 11.6. The van der Waals surface area contributed by atoms with E-state index in [2.05, 4.69) is 5.32 Å². The molecule has 0 unspecified atom stereocenters. The predicted molar refractivity (Wildman–Crippen MR) is 68.1 cm³/mol. The molecule has 0 bridgehead atoms. The van der Waals surface area contributed by atoms with E-state index in [4.69, 9.17) is 9.84 Å². The van der Waals surface area contributed by atoms with Crippen LogP contribution in [-0.2, 0) is 20.9 Å². The minimum Gasteiger partial charge on any atom is -0.480 e. The summed E-state index contributed by atoms with van der Waals surface area (Å²) in [6.07, 6.45) is 2.37. The molecule has 1 atom stereocenters. The summed E-state index contributed by atoms with van der Waals surface area (Å²) < 4.78 is 5.08. The molecule has 0 radical (unpaired) electrons. The van der Waals surface area contributed by atoms with Crippen molar-refractivity contribution in [2.45, 2.75) is 25.5 Å². The number of carboxylic acids is 1. The Morgan fingerprint density at radius 3 is 2.74 bits per heavy atom. The van der Waals surface area contributed by atoms with Gasteiger partial charge in [-0.2, -0.15) is 0 Å². The van der Waals surface area contributed by atoms with E-state index < -0.39 is 18.0 Å². The highest BCUT2D eigenvalue weighted by Crippen LogP contribution is 2.15. The summed E-state index contributed by atoms with van der Waals surface area (Å²) in [6.45, 7) is 0.214. The largest absolute Gasteiger partial charge is 0.480 e. The van der Waals surface area contributed by atoms with Crippen LogP contribution in [0.15, 0.2) is 42.1 Å². The zero-order valence-corrected chi connectivity index (χ0v) is 10.3. The fraction of sp³-hybridized carbons (Fsp3) is 0.286. The van der Waals surface area contributed by atoms with Gasteiger partial charge in [0.2, 0.25) is 0 Å². The van der Waals surface area contributed by atoms with E-state index in [0.29, 0.717) is 18.5 Å². The van der Waals surface area contributed by atoms with E-state index in [9.17, 15) is 9.59 Å². The van der Waals surface area contributed by atoms with Gasteiger partial charge in [-0.15, -0.1) is 0 Å². The lowest BCUT2D eigenvalue weighted by Crippen LogP contribution is -2.29. The molecule has 100 valence electrons. The molecule has 0 aliphatic carbocycles. The van der Waals surface area contributed by atoms with E-state index in [-0.39, 0.29) is 6.61 Å². The minimum absolute atomic E-state index is 0.214. The molecule has 0 aromatic heterocycles. The molecule has 2 N–H and O–H groups in total. The van der Waals surface area contributed by atoms with E-state index >= 15 is 0 Å². The first-order valence-corrected chi connectivity index (χ1v) is 6.06. The highest BCUT2D eigenvalue weighted by atomic mass is 16.5. The van der Waals surface area contributed by atoms with Gasteiger partial charge in [-0.25, -0.2) is 9.59 Å². The fourth-order valence-electron chi connectivity index (χ4n) is 1.88. The predicted octanol–water partition coefficient (Wildman–Crippen LogP) is 1.45. The lowest BCUT2D eigenvalue weighted by atomic mass is 10.2. The van der Waals surface area contributed by atoms with Crippen molar-refractivity contribution in [1.82, 2.24) is 5.32 Å². The Kier molecular flexibility index (Phi) is 4.18. The van der Waals surface area contributed by atoms with Gasteiger partial charge in [-0.05, 0) is 18.4 Å². The number of carbonyl (C=O) groups is 2. The smallest absolute Gasteiger partial charge is 0.332 e. The summed E-state index contributed by atoms with van der Waals surface area (Å²) in [4.78, 5) is 22.3. The van der Waals surface area contributed by atoms with Crippen molar-refractivity contribution in [3.05, 3.63) is 47.7 Å². The van der Waals surface area contributed by atoms with Gasteiger partial charge in [0, 0.05) is 11.8 Å². The van der Waals surface area contributed by atoms with E-state index in [1.807, 2.05) is 30.3 Å². The molecule has 1 heterocycles. The van der Waals surface area contributed by atoms with Crippen LogP contribution in [0.25, 0.3) is 0 Å². The summed E-state index contributed by atoms with van der Waals surface area (Å²) in [5.41, 5.74) is 1.53. The second-order valence-corrected chi connectivity index (χ2v) is 4.34. The highest BCUT2D eigenvalue weighted by Gasteiger charge is 2.24. The first-order valence-electron chi connectivity index (χ1n) is 6.06. The number of ether oxygens (including phenoxy) is 1. The monoisotopic (exact) mass is 261 g/mol. The number of allylic oxidation sites excluding steroid dienone is 1. The first-order chi connectivity index (χ1) is 9.15. The standard InChI is InChI=1S/C14H15NO4/c16-13(19-9-10-4-2-1-3-5-10)8-11-6-7-12(15-11)14(17)18/h1-5,8,12,15H,6-7,9H2,(H,17,18)/b11-8-/t12-/m0/s1. The summed E-state index contributed by atoms with van der Waals surface area (Å²) in [5, 5.41) is 11.6. The Hall–Kier alpha value is -2.30. The van der Waals surface area contributed by atoms with Crippen LogP contribution in [0.2, 0.25) is 0 Å². The number of hydrogen-bond donors (Lipinski definition) is 2. The van der Waals surface area contributed by atoms with Crippen molar-refractivity contribution >= 4 is 11.9 Å². The third-order valence-electron chi connectivity index (χ3n) is 2.88. The van der Waals surface area contributed by atoms with Crippen molar-refractivity contribution < 1.29 is 19.4 Å². The second kappa shape index (κ2) is 6.04. The Bertz CT molecular complexity index is 495. The third-order valence-corrected chi connectivity index (χ3v) is 2.88. The quantitative estimate of drug-likeness (QED) is 0.633. The second-order valence-electron chi connectivity index (χ2n) is 4.34. The molecule has 1 aromatic rings. The SMILES string of the molecule is O=C(/C=C1/CC[C@@H](C(=O)O)N1)OCc1ccccc1. The molecule has 1 saturated heterocycles. The summed E-state index contributed by atoms with van der Waals surface area (Å²) >= 11 is 0. The van der Waals surface area contributed by atoms with Gasteiger partial charge in [0.1, 0.15) is 12.6 Å². The van der Waals surface area contributed by atoms with Crippen LogP contribution in [0.4, 0.5) is 0 Å². The lowest BCUT2D eigenvalue weighted by Gasteiger charge is -2.05. The van der Waals surface area contributed by atoms with Gasteiger partial charge in [0.05, 0.1) is 0 Å². The van der Waals surface area contributed by atoms with Crippen molar-refractivity contribution in [2.24, 2.45) is 0 Å². The number of aliphatic carboxylic acids is 1. The molecule has 5 nitrogen and oxygen atoms in total.